The minimum absolute atomic E-state index is 0.0625. The summed E-state index contributed by atoms with van der Waals surface area (Å²) in [5, 5.41) is 11.9. The van der Waals surface area contributed by atoms with Gasteiger partial charge in [0, 0.05) is 37.4 Å². The largest absolute Gasteiger partial charge is 0.352 e. The van der Waals surface area contributed by atoms with Crippen molar-refractivity contribution in [1.82, 2.24) is 15.1 Å². The lowest BCUT2D eigenvalue weighted by Gasteiger charge is -2.35. The fourth-order valence-electron chi connectivity index (χ4n) is 3.74. The minimum atomic E-state index is -0.0625. The summed E-state index contributed by atoms with van der Waals surface area (Å²) in [6, 6.07) is 17.9. The number of rotatable bonds is 3. The van der Waals surface area contributed by atoms with Gasteiger partial charge in [0.25, 0.3) is 0 Å². The predicted molar refractivity (Wildman–Crippen MR) is 121 cm³/mol. The van der Waals surface area contributed by atoms with Crippen molar-refractivity contribution >= 4 is 17.5 Å². The summed E-state index contributed by atoms with van der Waals surface area (Å²) in [7, 11) is 0. The predicted octanol–water partition coefficient (Wildman–Crippen LogP) is 4.42. The molecule has 6 nitrogen and oxygen atoms in total. The first-order valence-electron chi connectivity index (χ1n) is 10.3. The number of piperazine rings is 1. The molecule has 0 atom stereocenters. The van der Waals surface area contributed by atoms with Crippen molar-refractivity contribution < 1.29 is 4.79 Å². The number of nitrogens with one attached hydrogen (secondary N) is 1. The maximum absolute atomic E-state index is 12.5. The summed E-state index contributed by atoms with van der Waals surface area (Å²) in [6.07, 6.45) is 0. The number of anilines is 2. The molecule has 1 aromatic heterocycles. The summed E-state index contributed by atoms with van der Waals surface area (Å²) in [5.41, 5.74) is 6.58. The van der Waals surface area contributed by atoms with Crippen LogP contribution >= 0.6 is 0 Å². The van der Waals surface area contributed by atoms with E-state index in [1.165, 1.54) is 16.7 Å². The van der Waals surface area contributed by atoms with Crippen molar-refractivity contribution in [2.24, 2.45) is 0 Å². The number of urea groups is 1. The first-order valence-corrected chi connectivity index (χ1v) is 10.3. The highest BCUT2D eigenvalue weighted by atomic mass is 16.2. The van der Waals surface area contributed by atoms with E-state index in [0.29, 0.717) is 13.1 Å². The molecule has 0 unspecified atom stereocenters. The van der Waals surface area contributed by atoms with E-state index in [9.17, 15) is 4.79 Å². The molecule has 1 N–H and O–H groups in total. The monoisotopic (exact) mass is 401 g/mol. The number of aryl methyl sites for hydroxylation is 3. The Kier molecular flexibility index (Phi) is 5.65. The average Bonchev–Trinajstić information content (AvgIpc) is 2.77. The molecular weight excluding hydrogens is 374 g/mol. The lowest BCUT2D eigenvalue weighted by molar-refractivity contribution is 0.208. The van der Waals surface area contributed by atoms with Crippen LogP contribution in [0.4, 0.5) is 16.3 Å². The molecule has 1 aliphatic rings. The number of benzene rings is 2. The van der Waals surface area contributed by atoms with Gasteiger partial charge < -0.3 is 15.1 Å². The van der Waals surface area contributed by atoms with Gasteiger partial charge in [-0.2, -0.15) is 0 Å². The third-order valence-corrected chi connectivity index (χ3v) is 5.68. The molecule has 0 spiro atoms. The fourth-order valence-corrected chi connectivity index (χ4v) is 3.74. The standard InChI is InChI=1S/C24H27N5O/c1-17-15-19(3)21(16-18(17)2)22-9-10-23(27-26-22)28-11-13-29(14-12-28)24(30)25-20-7-5-4-6-8-20/h4-10,15-16H,11-14H2,1-3H3,(H,25,30). The van der Waals surface area contributed by atoms with Gasteiger partial charge in [-0.3, -0.25) is 0 Å². The molecule has 0 aliphatic carbocycles. The van der Waals surface area contributed by atoms with Gasteiger partial charge in [-0.15, -0.1) is 10.2 Å². The van der Waals surface area contributed by atoms with Crippen LogP contribution in [0.5, 0.6) is 0 Å². The van der Waals surface area contributed by atoms with Crippen LogP contribution in [-0.2, 0) is 0 Å². The average molecular weight is 402 g/mol. The van der Waals surface area contributed by atoms with Crippen LogP contribution in [0.2, 0.25) is 0 Å². The van der Waals surface area contributed by atoms with Crippen LogP contribution in [-0.4, -0.2) is 47.3 Å². The second-order valence-electron chi connectivity index (χ2n) is 7.80. The van der Waals surface area contributed by atoms with Crippen LogP contribution in [0.25, 0.3) is 11.3 Å². The highest BCUT2D eigenvalue weighted by molar-refractivity contribution is 5.89. The third kappa shape index (κ3) is 4.27. The maximum Gasteiger partial charge on any atom is 0.321 e. The van der Waals surface area contributed by atoms with E-state index in [-0.39, 0.29) is 6.03 Å². The number of para-hydroxylation sites is 1. The quantitative estimate of drug-likeness (QED) is 0.706. The lowest BCUT2D eigenvalue weighted by atomic mass is 9.99. The van der Waals surface area contributed by atoms with E-state index in [1.54, 1.807) is 0 Å². The van der Waals surface area contributed by atoms with Crippen molar-refractivity contribution in [2.45, 2.75) is 20.8 Å². The first-order chi connectivity index (χ1) is 14.5. The summed E-state index contributed by atoms with van der Waals surface area (Å²) < 4.78 is 0. The second kappa shape index (κ2) is 8.53. The normalized spacial score (nSPS) is 14.0. The zero-order valence-corrected chi connectivity index (χ0v) is 17.7. The Balaban J connectivity index is 1.38. The molecule has 3 aromatic rings. The summed E-state index contributed by atoms with van der Waals surface area (Å²) >= 11 is 0. The number of nitrogens with zero attached hydrogens (tertiary/aromatic N) is 4. The summed E-state index contributed by atoms with van der Waals surface area (Å²) in [4.78, 5) is 16.5. The highest BCUT2D eigenvalue weighted by Crippen LogP contribution is 2.25. The Bertz CT molecular complexity index is 1030. The lowest BCUT2D eigenvalue weighted by Crippen LogP contribution is -2.50. The summed E-state index contributed by atoms with van der Waals surface area (Å²) in [5.74, 6) is 0.850. The minimum Gasteiger partial charge on any atom is -0.352 e. The molecule has 1 saturated heterocycles. The Morgan fingerprint density at radius 1 is 0.833 bits per heavy atom. The van der Waals surface area contributed by atoms with Crippen molar-refractivity contribution in [3.8, 4) is 11.3 Å². The number of carbonyl (C=O) groups is 1. The van der Waals surface area contributed by atoms with Gasteiger partial charge in [0.05, 0.1) is 5.69 Å². The van der Waals surface area contributed by atoms with Gasteiger partial charge in [0.15, 0.2) is 5.82 Å². The van der Waals surface area contributed by atoms with Crippen molar-refractivity contribution in [1.29, 1.82) is 0 Å². The molecule has 1 fully saturated rings. The van der Waals surface area contributed by atoms with Crippen LogP contribution in [0.15, 0.2) is 54.6 Å². The second-order valence-corrected chi connectivity index (χ2v) is 7.80. The topological polar surface area (TPSA) is 61.4 Å². The van der Waals surface area contributed by atoms with E-state index < -0.39 is 0 Å². The Morgan fingerprint density at radius 2 is 1.53 bits per heavy atom. The van der Waals surface area contributed by atoms with Gasteiger partial charge in [-0.25, -0.2) is 4.79 Å². The molecule has 6 heteroatoms. The fraction of sp³-hybridized carbons (Fsp3) is 0.292. The Hall–Kier alpha value is -3.41. The van der Waals surface area contributed by atoms with E-state index in [2.05, 4.69) is 53.3 Å². The zero-order chi connectivity index (χ0) is 21.1. The van der Waals surface area contributed by atoms with E-state index >= 15 is 0 Å². The van der Waals surface area contributed by atoms with Crippen molar-refractivity contribution in [3.05, 3.63) is 71.3 Å². The maximum atomic E-state index is 12.5. The molecule has 0 saturated carbocycles. The van der Waals surface area contributed by atoms with Gasteiger partial charge in [-0.05, 0) is 67.8 Å². The number of hydrogen-bond acceptors (Lipinski definition) is 4. The number of amides is 2. The SMILES string of the molecule is Cc1cc(C)c(-c2ccc(N3CCN(C(=O)Nc4ccccc4)CC3)nn2)cc1C. The molecular formula is C24H27N5O. The number of hydrogen-bond donors (Lipinski definition) is 1. The molecule has 30 heavy (non-hydrogen) atoms. The van der Waals surface area contributed by atoms with Crippen LogP contribution in [0.3, 0.4) is 0 Å². The van der Waals surface area contributed by atoms with E-state index in [4.69, 9.17) is 0 Å². The van der Waals surface area contributed by atoms with Crippen LogP contribution in [0.1, 0.15) is 16.7 Å². The molecule has 0 bridgehead atoms. The molecule has 154 valence electrons. The van der Waals surface area contributed by atoms with Crippen molar-refractivity contribution in [3.63, 3.8) is 0 Å². The van der Waals surface area contributed by atoms with E-state index in [0.717, 1.165) is 35.9 Å². The van der Waals surface area contributed by atoms with Gasteiger partial charge in [0.1, 0.15) is 0 Å². The van der Waals surface area contributed by atoms with E-state index in [1.807, 2.05) is 47.4 Å². The van der Waals surface area contributed by atoms with Gasteiger partial charge in [-0.1, -0.05) is 24.3 Å². The smallest absolute Gasteiger partial charge is 0.321 e. The third-order valence-electron chi connectivity index (χ3n) is 5.68. The zero-order valence-electron chi connectivity index (χ0n) is 17.7. The number of aromatic nitrogens is 2. The van der Waals surface area contributed by atoms with Crippen LogP contribution < -0.4 is 10.2 Å². The Labute approximate surface area is 177 Å². The summed E-state index contributed by atoms with van der Waals surface area (Å²) in [6.45, 7) is 9.12. The molecule has 0 radical (unpaired) electrons. The molecule has 1 aliphatic heterocycles. The number of carbonyl (C=O) groups excluding carboxylic acids is 1. The molecule has 4 rings (SSSR count). The molecule has 2 heterocycles. The van der Waals surface area contributed by atoms with Crippen LogP contribution in [0, 0.1) is 20.8 Å². The molecule has 2 amide bonds. The van der Waals surface area contributed by atoms with Gasteiger partial charge in [0.2, 0.25) is 0 Å². The Morgan fingerprint density at radius 3 is 2.20 bits per heavy atom. The first kappa shape index (κ1) is 19.9. The van der Waals surface area contributed by atoms with Gasteiger partial charge >= 0.3 is 6.03 Å². The highest BCUT2D eigenvalue weighted by Gasteiger charge is 2.22. The molecule has 2 aromatic carbocycles. The van der Waals surface area contributed by atoms with Crippen molar-refractivity contribution in [2.75, 3.05) is 36.4 Å².